The van der Waals surface area contributed by atoms with Crippen molar-refractivity contribution in [3.63, 3.8) is 0 Å². The van der Waals surface area contributed by atoms with Gasteiger partial charge >= 0.3 is 0 Å². The van der Waals surface area contributed by atoms with E-state index in [1.54, 1.807) is 0 Å². The second-order valence-corrected chi connectivity index (χ2v) is 4.67. The van der Waals surface area contributed by atoms with Crippen molar-refractivity contribution in [2.24, 2.45) is 5.92 Å². The summed E-state index contributed by atoms with van der Waals surface area (Å²) in [7, 11) is 0. The molecule has 0 aromatic heterocycles. The smallest absolute Gasteiger partial charge is 0.225 e. The third-order valence-electron chi connectivity index (χ3n) is 2.94. The van der Waals surface area contributed by atoms with Crippen LogP contribution in [0.2, 0.25) is 0 Å². The molecule has 2 nitrogen and oxygen atoms in total. The van der Waals surface area contributed by atoms with Crippen molar-refractivity contribution in [1.82, 2.24) is 4.90 Å². The molecule has 1 aliphatic carbocycles. The van der Waals surface area contributed by atoms with Gasteiger partial charge in [0.05, 0.1) is 0 Å². The van der Waals surface area contributed by atoms with Gasteiger partial charge in [0.2, 0.25) is 5.91 Å². The van der Waals surface area contributed by atoms with E-state index in [0.717, 1.165) is 12.8 Å². The van der Waals surface area contributed by atoms with Crippen LogP contribution in [0.4, 0.5) is 0 Å². The van der Waals surface area contributed by atoms with Gasteiger partial charge in [0.1, 0.15) is 0 Å². The molecular formula is C11H20ClNO. The molecule has 1 amide bonds. The molecule has 0 spiro atoms. The zero-order valence-electron chi connectivity index (χ0n) is 9.13. The summed E-state index contributed by atoms with van der Waals surface area (Å²) in [5.74, 6) is 1.13. The Kier molecular flexibility index (Phi) is 4.73. The first kappa shape index (κ1) is 11.8. The van der Waals surface area contributed by atoms with Gasteiger partial charge in [-0.2, -0.15) is 0 Å². The predicted octanol–water partition coefficient (Wildman–Crippen LogP) is 2.65. The lowest BCUT2D eigenvalue weighted by Crippen LogP contribution is -2.41. The monoisotopic (exact) mass is 217 g/mol. The Hall–Kier alpha value is -0.240. The molecule has 0 aliphatic heterocycles. The summed E-state index contributed by atoms with van der Waals surface area (Å²) < 4.78 is 0. The Morgan fingerprint density at radius 3 is 2.43 bits per heavy atom. The summed E-state index contributed by atoms with van der Waals surface area (Å²) in [6, 6.07) is 0.279. The summed E-state index contributed by atoms with van der Waals surface area (Å²) >= 11 is 5.70. The molecule has 1 rings (SSSR count). The van der Waals surface area contributed by atoms with Gasteiger partial charge < -0.3 is 4.90 Å². The molecule has 0 unspecified atom stereocenters. The first-order valence-electron chi connectivity index (χ1n) is 5.53. The maximum absolute atomic E-state index is 12.0. The normalized spacial score (nSPS) is 17.7. The van der Waals surface area contributed by atoms with E-state index in [2.05, 4.69) is 13.8 Å². The van der Waals surface area contributed by atoms with Crippen LogP contribution in [-0.2, 0) is 4.79 Å². The van der Waals surface area contributed by atoms with Crippen molar-refractivity contribution in [2.75, 3.05) is 12.4 Å². The molecule has 0 heterocycles. The number of nitrogens with zero attached hydrogens (tertiary/aromatic N) is 1. The van der Waals surface area contributed by atoms with Gasteiger partial charge in [-0.25, -0.2) is 0 Å². The molecule has 1 saturated carbocycles. The van der Waals surface area contributed by atoms with Crippen LogP contribution in [-0.4, -0.2) is 29.3 Å². The Morgan fingerprint density at radius 2 is 2.00 bits per heavy atom. The summed E-state index contributed by atoms with van der Waals surface area (Å²) in [5.41, 5.74) is 0. The highest BCUT2D eigenvalue weighted by Gasteiger charge is 2.27. The first-order valence-corrected chi connectivity index (χ1v) is 6.06. The quantitative estimate of drug-likeness (QED) is 0.663. The third kappa shape index (κ3) is 2.88. The zero-order valence-corrected chi connectivity index (χ0v) is 9.89. The molecule has 0 aromatic rings. The SMILES string of the molecule is CC(C)N(CCCl)C(=O)C1CCCC1. The number of carbonyl (C=O) groups is 1. The van der Waals surface area contributed by atoms with Crippen molar-refractivity contribution < 1.29 is 4.79 Å². The molecule has 1 fully saturated rings. The second-order valence-electron chi connectivity index (χ2n) is 4.30. The van der Waals surface area contributed by atoms with Crippen molar-refractivity contribution in [2.45, 2.75) is 45.6 Å². The summed E-state index contributed by atoms with van der Waals surface area (Å²) in [5, 5.41) is 0. The van der Waals surface area contributed by atoms with Crippen molar-refractivity contribution in [3.8, 4) is 0 Å². The average molecular weight is 218 g/mol. The van der Waals surface area contributed by atoms with Crippen LogP contribution in [0.25, 0.3) is 0 Å². The average Bonchev–Trinajstić information content (AvgIpc) is 2.65. The maximum Gasteiger partial charge on any atom is 0.225 e. The largest absolute Gasteiger partial charge is 0.339 e. The van der Waals surface area contributed by atoms with E-state index in [4.69, 9.17) is 11.6 Å². The zero-order chi connectivity index (χ0) is 10.6. The third-order valence-corrected chi connectivity index (χ3v) is 3.11. The van der Waals surface area contributed by atoms with Crippen LogP contribution in [0, 0.1) is 5.92 Å². The number of alkyl halides is 1. The highest BCUT2D eigenvalue weighted by Crippen LogP contribution is 2.27. The van der Waals surface area contributed by atoms with Crippen molar-refractivity contribution in [3.05, 3.63) is 0 Å². The lowest BCUT2D eigenvalue weighted by atomic mass is 10.1. The van der Waals surface area contributed by atoms with Gasteiger partial charge in [-0.05, 0) is 26.7 Å². The van der Waals surface area contributed by atoms with Gasteiger partial charge in [0.15, 0.2) is 0 Å². The number of carbonyl (C=O) groups excluding carboxylic acids is 1. The van der Waals surface area contributed by atoms with E-state index in [9.17, 15) is 4.79 Å². The summed E-state index contributed by atoms with van der Waals surface area (Å²) in [4.78, 5) is 14.0. The standard InChI is InChI=1S/C11H20ClNO/c1-9(2)13(8-7-12)11(14)10-5-3-4-6-10/h9-10H,3-8H2,1-2H3. The minimum absolute atomic E-state index is 0.278. The minimum Gasteiger partial charge on any atom is -0.339 e. The molecule has 3 heteroatoms. The van der Waals surface area contributed by atoms with Crippen LogP contribution in [0.1, 0.15) is 39.5 Å². The molecule has 0 atom stereocenters. The topological polar surface area (TPSA) is 20.3 Å². The molecule has 82 valence electrons. The number of hydrogen-bond acceptors (Lipinski definition) is 1. The first-order chi connectivity index (χ1) is 6.66. The van der Waals surface area contributed by atoms with Gasteiger partial charge in [0.25, 0.3) is 0 Å². The Morgan fingerprint density at radius 1 is 1.43 bits per heavy atom. The predicted molar refractivity (Wildman–Crippen MR) is 59.5 cm³/mol. The highest BCUT2D eigenvalue weighted by molar-refractivity contribution is 6.18. The van der Waals surface area contributed by atoms with Crippen LogP contribution in [0.15, 0.2) is 0 Å². The lowest BCUT2D eigenvalue weighted by molar-refractivity contribution is -0.136. The Balaban J connectivity index is 2.53. The molecule has 0 N–H and O–H groups in total. The van der Waals surface area contributed by atoms with Crippen LogP contribution >= 0.6 is 11.6 Å². The number of amides is 1. The molecule has 0 radical (unpaired) electrons. The van der Waals surface area contributed by atoms with Gasteiger partial charge in [0, 0.05) is 24.4 Å². The van der Waals surface area contributed by atoms with Crippen molar-refractivity contribution >= 4 is 17.5 Å². The number of hydrogen-bond donors (Lipinski definition) is 0. The van der Waals surface area contributed by atoms with Crippen molar-refractivity contribution in [1.29, 1.82) is 0 Å². The van der Waals surface area contributed by atoms with E-state index < -0.39 is 0 Å². The van der Waals surface area contributed by atoms with Crippen LogP contribution in [0.5, 0.6) is 0 Å². The molecule has 0 bridgehead atoms. The van der Waals surface area contributed by atoms with E-state index in [1.807, 2.05) is 4.90 Å². The summed E-state index contributed by atoms with van der Waals surface area (Å²) in [6.45, 7) is 4.80. The fourth-order valence-corrected chi connectivity index (χ4v) is 2.30. The number of rotatable bonds is 4. The Bertz CT molecular complexity index is 188. The van der Waals surface area contributed by atoms with Crippen LogP contribution < -0.4 is 0 Å². The minimum atomic E-state index is 0.278. The maximum atomic E-state index is 12.0. The molecule has 1 aliphatic rings. The van der Waals surface area contributed by atoms with E-state index in [1.165, 1.54) is 12.8 Å². The van der Waals surface area contributed by atoms with Gasteiger partial charge in [-0.1, -0.05) is 12.8 Å². The molecule has 0 aromatic carbocycles. The molecular weight excluding hydrogens is 198 g/mol. The van der Waals surface area contributed by atoms with E-state index in [-0.39, 0.29) is 12.0 Å². The summed E-state index contributed by atoms with van der Waals surface area (Å²) in [6.07, 6.45) is 4.57. The number of halogens is 1. The van der Waals surface area contributed by atoms with Gasteiger partial charge in [-0.15, -0.1) is 11.6 Å². The Labute approximate surface area is 91.6 Å². The van der Waals surface area contributed by atoms with Gasteiger partial charge in [-0.3, -0.25) is 4.79 Å². The highest BCUT2D eigenvalue weighted by atomic mass is 35.5. The fourth-order valence-electron chi connectivity index (χ4n) is 2.12. The lowest BCUT2D eigenvalue weighted by Gasteiger charge is -2.28. The molecule has 0 saturated heterocycles. The molecule has 14 heavy (non-hydrogen) atoms. The van der Waals surface area contributed by atoms with Crippen LogP contribution in [0.3, 0.4) is 0 Å². The fraction of sp³-hybridized carbons (Fsp3) is 0.909. The van der Waals surface area contributed by atoms with E-state index >= 15 is 0 Å². The second kappa shape index (κ2) is 5.59. The van der Waals surface area contributed by atoms with E-state index in [0.29, 0.717) is 18.3 Å².